The number of nitrogens with zero attached hydrogens (tertiary/aromatic N) is 2. The largest absolute Gasteiger partial charge is 0.465 e. The van der Waals surface area contributed by atoms with Crippen LogP contribution in [-0.4, -0.2) is 41.8 Å². The Morgan fingerprint density at radius 3 is 3.06 bits per heavy atom. The van der Waals surface area contributed by atoms with Gasteiger partial charge in [0.25, 0.3) is 0 Å². The molecule has 3 aliphatic heterocycles. The molecule has 94 valence electrons. The zero-order valence-electron chi connectivity index (χ0n) is 10.2. The van der Waals surface area contributed by atoms with Crippen LogP contribution in [0.4, 0.5) is 10.5 Å². The van der Waals surface area contributed by atoms with Crippen LogP contribution in [0, 0.1) is 0 Å². The molecule has 0 aliphatic carbocycles. The van der Waals surface area contributed by atoms with Gasteiger partial charge in [0.05, 0.1) is 0 Å². The van der Waals surface area contributed by atoms with Crippen LogP contribution in [0.15, 0.2) is 18.2 Å². The Morgan fingerprint density at radius 2 is 2.22 bits per heavy atom. The molecule has 1 aromatic rings. The molecule has 4 nitrogen and oxygen atoms in total. The van der Waals surface area contributed by atoms with Crippen LogP contribution in [0.25, 0.3) is 0 Å². The maximum atomic E-state index is 11.1. The molecule has 4 heteroatoms. The number of hydrogen-bond donors (Lipinski definition) is 1. The quantitative estimate of drug-likeness (QED) is 0.758. The van der Waals surface area contributed by atoms with Gasteiger partial charge in [-0.3, -0.25) is 0 Å². The van der Waals surface area contributed by atoms with E-state index in [1.165, 1.54) is 16.8 Å². The molecule has 1 aromatic carbocycles. The predicted molar refractivity (Wildman–Crippen MR) is 68.2 cm³/mol. The lowest BCUT2D eigenvalue weighted by molar-refractivity contribution is 0.127. The zero-order chi connectivity index (χ0) is 12.3. The van der Waals surface area contributed by atoms with Crippen molar-refractivity contribution in [3.05, 3.63) is 29.3 Å². The van der Waals surface area contributed by atoms with E-state index in [0.717, 1.165) is 19.4 Å². The molecule has 1 fully saturated rings. The molecule has 2 unspecified atom stereocenters. The number of piperidine rings is 1. The minimum atomic E-state index is -0.776. The first-order chi connectivity index (χ1) is 8.75. The van der Waals surface area contributed by atoms with Crippen molar-refractivity contribution in [2.45, 2.75) is 24.8 Å². The number of carboxylic acid groups (broad SMARTS) is 1. The second-order valence-electron chi connectivity index (χ2n) is 5.49. The summed E-state index contributed by atoms with van der Waals surface area (Å²) in [5, 5.41) is 9.15. The fourth-order valence-corrected chi connectivity index (χ4v) is 3.94. The summed E-state index contributed by atoms with van der Waals surface area (Å²) in [6.07, 6.45) is 1.33. The molecule has 18 heavy (non-hydrogen) atoms. The lowest BCUT2D eigenvalue weighted by Gasteiger charge is -2.37. The summed E-state index contributed by atoms with van der Waals surface area (Å²) >= 11 is 0. The molecule has 1 amide bonds. The summed E-state index contributed by atoms with van der Waals surface area (Å²) in [6, 6.07) is 7.05. The number of likely N-dealkylation sites (tertiary alicyclic amines) is 1. The van der Waals surface area contributed by atoms with E-state index in [4.69, 9.17) is 5.11 Å². The lowest BCUT2D eigenvalue weighted by atomic mass is 9.88. The van der Waals surface area contributed by atoms with Gasteiger partial charge in [-0.05, 0) is 24.0 Å². The second-order valence-corrected chi connectivity index (χ2v) is 5.49. The van der Waals surface area contributed by atoms with Gasteiger partial charge in [0, 0.05) is 37.3 Å². The Bertz CT molecular complexity index is 529. The SMILES string of the molecule is O=C(O)N1CCC2C(C1)c1cccc3c1N2CC3. The fraction of sp³-hybridized carbons (Fsp3) is 0.500. The smallest absolute Gasteiger partial charge is 0.407 e. The third-order valence-electron chi connectivity index (χ3n) is 4.71. The highest BCUT2D eigenvalue weighted by molar-refractivity contribution is 5.71. The Hall–Kier alpha value is -1.71. The number of carbonyl (C=O) groups is 1. The van der Waals surface area contributed by atoms with E-state index < -0.39 is 6.09 Å². The van der Waals surface area contributed by atoms with Gasteiger partial charge in [0.2, 0.25) is 0 Å². The van der Waals surface area contributed by atoms with Crippen molar-refractivity contribution in [1.82, 2.24) is 4.90 Å². The van der Waals surface area contributed by atoms with E-state index in [0.29, 0.717) is 25.0 Å². The van der Waals surface area contributed by atoms with Crippen LogP contribution in [0.5, 0.6) is 0 Å². The first-order valence-electron chi connectivity index (χ1n) is 6.62. The average Bonchev–Trinajstić information content (AvgIpc) is 2.94. The van der Waals surface area contributed by atoms with E-state index in [2.05, 4.69) is 23.1 Å². The summed E-state index contributed by atoms with van der Waals surface area (Å²) in [4.78, 5) is 15.2. The standard InChI is InChI=1S/C14H16N2O2/c17-14(18)15-6-5-12-11(8-15)10-3-1-2-9-4-7-16(12)13(9)10/h1-3,11-12H,4-8H2,(H,17,18). The first-order valence-corrected chi connectivity index (χ1v) is 6.62. The van der Waals surface area contributed by atoms with Gasteiger partial charge in [-0.2, -0.15) is 0 Å². The number of hydrogen-bond acceptors (Lipinski definition) is 2. The average molecular weight is 244 g/mol. The Kier molecular flexibility index (Phi) is 1.93. The zero-order valence-corrected chi connectivity index (χ0v) is 10.2. The third-order valence-corrected chi connectivity index (χ3v) is 4.71. The second kappa shape index (κ2) is 3.40. The van der Waals surface area contributed by atoms with Crippen molar-refractivity contribution in [3.8, 4) is 0 Å². The minimum absolute atomic E-state index is 0.380. The van der Waals surface area contributed by atoms with Crippen LogP contribution in [-0.2, 0) is 6.42 Å². The summed E-state index contributed by atoms with van der Waals surface area (Å²) in [5.41, 5.74) is 4.24. The molecular weight excluding hydrogens is 228 g/mol. The molecule has 0 spiro atoms. The van der Waals surface area contributed by atoms with E-state index >= 15 is 0 Å². The van der Waals surface area contributed by atoms with E-state index in [1.54, 1.807) is 4.90 Å². The van der Waals surface area contributed by atoms with Gasteiger partial charge >= 0.3 is 6.09 Å². The number of para-hydroxylation sites is 1. The minimum Gasteiger partial charge on any atom is -0.465 e. The highest BCUT2D eigenvalue weighted by Crippen LogP contribution is 2.48. The number of amides is 1. The van der Waals surface area contributed by atoms with Gasteiger partial charge in [0.1, 0.15) is 0 Å². The monoisotopic (exact) mass is 244 g/mol. The summed E-state index contributed by atoms with van der Waals surface area (Å²) in [7, 11) is 0. The van der Waals surface area contributed by atoms with Gasteiger partial charge in [-0.15, -0.1) is 0 Å². The maximum Gasteiger partial charge on any atom is 0.407 e. The van der Waals surface area contributed by atoms with E-state index in [1.807, 2.05) is 0 Å². The summed E-state index contributed by atoms with van der Waals surface area (Å²) in [5.74, 6) is 0.380. The Morgan fingerprint density at radius 1 is 1.33 bits per heavy atom. The first kappa shape index (κ1) is 10.2. The highest BCUT2D eigenvalue weighted by Gasteiger charge is 2.45. The summed E-state index contributed by atoms with van der Waals surface area (Å²) in [6.45, 7) is 2.45. The maximum absolute atomic E-state index is 11.1. The van der Waals surface area contributed by atoms with Crippen LogP contribution in [0.2, 0.25) is 0 Å². The molecule has 0 saturated carbocycles. The van der Waals surface area contributed by atoms with Crippen LogP contribution >= 0.6 is 0 Å². The van der Waals surface area contributed by atoms with Gasteiger partial charge < -0.3 is 14.9 Å². The van der Waals surface area contributed by atoms with Crippen molar-refractivity contribution in [2.24, 2.45) is 0 Å². The molecule has 2 atom stereocenters. The third kappa shape index (κ3) is 1.18. The molecule has 3 aliphatic rings. The van der Waals surface area contributed by atoms with Crippen LogP contribution in [0.3, 0.4) is 0 Å². The number of rotatable bonds is 0. The fourth-order valence-electron chi connectivity index (χ4n) is 3.94. The molecule has 3 heterocycles. The van der Waals surface area contributed by atoms with Crippen LogP contribution in [0.1, 0.15) is 23.5 Å². The topological polar surface area (TPSA) is 43.8 Å². The molecular formula is C14H16N2O2. The molecule has 0 aromatic heterocycles. The normalized spacial score (nSPS) is 28.2. The van der Waals surface area contributed by atoms with Crippen molar-refractivity contribution in [2.75, 3.05) is 24.5 Å². The van der Waals surface area contributed by atoms with Crippen LogP contribution < -0.4 is 4.90 Å². The van der Waals surface area contributed by atoms with Crippen molar-refractivity contribution in [3.63, 3.8) is 0 Å². The number of benzene rings is 1. The lowest BCUT2D eigenvalue weighted by Crippen LogP contribution is -2.47. The number of anilines is 1. The van der Waals surface area contributed by atoms with Crippen molar-refractivity contribution < 1.29 is 9.90 Å². The molecule has 0 bridgehead atoms. The molecule has 4 rings (SSSR count). The van der Waals surface area contributed by atoms with Crippen molar-refractivity contribution in [1.29, 1.82) is 0 Å². The molecule has 1 saturated heterocycles. The van der Waals surface area contributed by atoms with Gasteiger partial charge in [-0.25, -0.2) is 4.79 Å². The predicted octanol–water partition coefficient (Wildman–Crippen LogP) is 1.90. The Labute approximate surface area is 106 Å². The highest BCUT2D eigenvalue weighted by atomic mass is 16.4. The number of fused-ring (bicyclic) bond motifs is 3. The van der Waals surface area contributed by atoms with Crippen molar-refractivity contribution >= 4 is 11.8 Å². The van der Waals surface area contributed by atoms with Gasteiger partial charge in [0.15, 0.2) is 0 Å². The van der Waals surface area contributed by atoms with E-state index in [-0.39, 0.29) is 0 Å². The Balaban J connectivity index is 1.76. The van der Waals surface area contributed by atoms with E-state index in [9.17, 15) is 4.79 Å². The molecule has 1 N–H and O–H groups in total. The van der Waals surface area contributed by atoms with Gasteiger partial charge in [-0.1, -0.05) is 18.2 Å². The summed E-state index contributed by atoms with van der Waals surface area (Å²) < 4.78 is 0. The molecule has 0 radical (unpaired) electrons.